The van der Waals surface area contributed by atoms with Gasteiger partial charge in [-0.3, -0.25) is 4.79 Å². The first-order valence-corrected chi connectivity index (χ1v) is 11.7. The molecule has 0 spiro atoms. The Bertz CT molecular complexity index is 1010. The molecule has 162 valence electrons. The summed E-state index contributed by atoms with van der Waals surface area (Å²) < 4.78 is 0. The highest BCUT2D eigenvalue weighted by Crippen LogP contribution is 2.36. The second kappa shape index (κ2) is 10.1. The second-order valence-electron chi connectivity index (χ2n) is 8.91. The van der Waals surface area contributed by atoms with Gasteiger partial charge in [-0.15, -0.1) is 0 Å². The predicted octanol–water partition coefficient (Wildman–Crippen LogP) is 6.21. The van der Waals surface area contributed by atoms with E-state index in [1.165, 1.54) is 47.6 Å². The van der Waals surface area contributed by atoms with Gasteiger partial charge < -0.3 is 10.6 Å². The lowest BCUT2D eigenvalue weighted by molar-refractivity contribution is 0.0956. The van der Waals surface area contributed by atoms with Gasteiger partial charge in [0.05, 0.1) is 0 Å². The molecule has 0 bridgehead atoms. The Morgan fingerprint density at radius 1 is 1.00 bits per heavy atom. The number of nitrogens with one attached hydrogen (secondary N) is 2. The summed E-state index contributed by atoms with van der Waals surface area (Å²) in [5.41, 5.74) is 3.51. The molecule has 3 aromatic rings. The number of benzene rings is 3. The molecule has 0 radical (unpaired) electrons. The third kappa shape index (κ3) is 5.16. The molecule has 3 heteroatoms. The fraction of sp³-hybridized carbons (Fsp3) is 0.393. The number of hydrogen-bond donors (Lipinski definition) is 2. The zero-order chi connectivity index (χ0) is 21.6. The summed E-state index contributed by atoms with van der Waals surface area (Å²) in [7, 11) is 0. The third-order valence-corrected chi connectivity index (χ3v) is 6.77. The maximum absolute atomic E-state index is 12.0. The SMILES string of the molecule is CCNC(=O)c1ccc(C2CCCC(CN[C@H](C)c3cccc4ccccc34)C2)cc1. The first-order chi connectivity index (χ1) is 15.2. The summed E-state index contributed by atoms with van der Waals surface area (Å²) in [6.07, 6.45) is 5.03. The maximum Gasteiger partial charge on any atom is 0.251 e. The van der Waals surface area contributed by atoms with Crippen molar-refractivity contribution in [2.45, 2.75) is 51.5 Å². The van der Waals surface area contributed by atoms with E-state index < -0.39 is 0 Å². The van der Waals surface area contributed by atoms with Crippen molar-refractivity contribution in [3.05, 3.63) is 83.4 Å². The van der Waals surface area contributed by atoms with E-state index in [0.717, 1.165) is 12.1 Å². The number of rotatable bonds is 7. The summed E-state index contributed by atoms with van der Waals surface area (Å²) in [5.74, 6) is 1.30. The van der Waals surface area contributed by atoms with Gasteiger partial charge in [-0.1, -0.05) is 61.0 Å². The van der Waals surface area contributed by atoms with Gasteiger partial charge in [0.25, 0.3) is 5.91 Å². The van der Waals surface area contributed by atoms with Crippen LogP contribution in [0.2, 0.25) is 0 Å². The zero-order valence-electron chi connectivity index (χ0n) is 18.7. The Morgan fingerprint density at radius 2 is 1.77 bits per heavy atom. The first-order valence-electron chi connectivity index (χ1n) is 11.7. The third-order valence-electron chi connectivity index (χ3n) is 6.77. The van der Waals surface area contributed by atoms with Crippen molar-refractivity contribution in [1.29, 1.82) is 0 Å². The van der Waals surface area contributed by atoms with Gasteiger partial charge in [-0.2, -0.15) is 0 Å². The van der Waals surface area contributed by atoms with Crippen molar-refractivity contribution < 1.29 is 4.79 Å². The van der Waals surface area contributed by atoms with Crippen LogP contribution in [0.3, 0.4) is 0 Å². The second-order valence-corrected chi connectivity index (χ2v) is 8.91. The molecule has 0 heterocycles. The molecular formula is C28H34N2O. The van der Waals surface area contributed by atoms with Crippen LogP contribution in [0.5, 0.6) is 0 Å². The van der Waals surface area contributed by atoms with E-state index in [9.17, 15) is 4.79 Å². The Hall–Kier alpha value is -2.65. The Labute approximate surface area is 186 Å². The summed E-state index contributed by atoms with van der Waals surface area (Å²) in [5, 5.41) is 9.34. The molecular weight excluding hydrogens is 380 g/mol. The molecule has 1 aliphatic rings. The van der Waals surface area contributed by atoms with Crippen molar-refractivity contribution in [2.24, 2.45) is 5.92 Å². The van der Waals surface area contributed by atoms with E-state index in [2.05, 4.69) is 72.2 Å². The number of carbonyl (C=O) groups is 1. The molecule has 3 atom stereocenters. The molecule has 1 saturated carbocycles. The van der Waals surface area contributed by atoms with Crippen molar-refractivity contribution >= 4 is 16.7 Å². The number of amides is 1. The van der Waals surface area contributed by atoms with Crippen LogP contribution in [0.1, 0.15) is 73.0 Å². The quantitative estimate of drug-likeness (QED) is 0.482. The minimum Gasteiger partial charge on any atom is -0.352 e. The molecule has 1 aliphatic carbocycles. The minimum absolute atomic E-state index is 0.0159. The molecule has 1 fully saturated rings. The standard InChI is InChI=1S/C28H34N2O/c1-3-29-28(31)24-16-14-22(15-17-24)25-11-6-8-21(18-25)19-30-20(2)26-13-7-10-23-9-4-5-12-27(23)26/h4-5,7,9-10,12-17,20-21,25,30H,3,6,8,11,18-19H2,1-2H3,(H,29,31)/t20-,21?,25?/m1/s1. The van der Waals surface area contributed by atoms with Gasteiger partial charge >= 0.3 is 0 Å². The Balaban J connectivity index is 1.36. The van der Waals surface area contributed by atoms with E-state index in [0.29, 0.717) is 24.4 Å². The average molecular weight is 415 g/mol. The van der Waals surface area contributed by atoms with Gasteiger partial charge in [0.15, 0.2) is 0 Å². The van der Waals surface area contributed by atoms with Gasteiger partial charge in [0.2, 0.25) is 0 Å². The van der Waals surface area contributed by atoms with E-state index in [1.807, 2.05) is 19.1 Å². The molecule has 3 nitrogen and oxygen atoms in total. The number of hydrogen-bond acceptors (Lipinski definition) is 2. The highest BCUT2D eigenvalue weighted by atomic mass is 16.1. The lowest BCUT2D eigenvalue weighted by Gasteiger charge is -2.31. The van der Waals surface area contributed by atoms with Crippen LogP contribution in [-0.2, 0) is 0 Å². The molecule has 0 aliphatic heterocycles. The van der Waals surface area contributed by atoms with Gasteiger partial charge in [0.1, 0.15) is 0 Å². The largest absolute Gasteiger partial charge is 0.352 e. The monoisotopic (exact) mass is 414 g/mol. The Kier molecular flexibility index (Phi) is 7.03. The van der Waals surface area contributed by atoms with Crippen LogP contribution in [0.25, 0.3) is 10.8 Å². The molecule has 2 unspecified atom stereocenters. The van der Waals surface area contributed by atoms with Crippen LogP contribution in [0, 0.1) is 5.92 Å². The fourth-order valence-electron chi connectivity index (χ4n) is 5.03. The summed E-state index contributed by atoms with van der Waals surface area (Å²) in [6, 6.07) is 23.9. The fourth-order valence-corrected chi connectivity index (χ4v) is 5.03. The van der Waals surface area contributed by atoms with E-state index in [1.54, 1.807) is 0 Å². The summed E-state index contributed by atoms with van der Waals surface area (Å²) in [4.78, 5) is 12.0. The molecule has 0 saturated heterocycles. The lowest BCUT2D eigenvalue weighted by atomic mass is 9.77. The van der Waals surface area contributed by atoms with Crippen molar-refractivity contribution in [3.8, 4) is 0 Å². The van der Waals surface area contributed by atoms with Crippen molar-refractivity contribution in [1.82, 2.24) is 10.6 Å². The van der Waals surface area contributed by atoms with Crippen LogP contribution < -0.4 is 10.6 Å². The van der Waals surface area contributed by atoms with Crippen molar-refractivity contribution in [2.75, 3.05) is 13.1 Å². The number of fused-ring (bicyclic) bond motifs is 1. The molecule has 31 heavy (non-hydrogen) atoms. The number of carbonyl (C=O) groups excluding carboxylic acids is 1. The maximum atomic E-state index is 12.0. The molecule has 2 N–H and O–H groups in total. The van der Waals surface area contributed by atoms with Gasteiger partial charge in [-0.05, 0) is 85.5 Å². The smallest absolute Gasteiger partial charge is 0.251 e. The average Bonchev–Trinajstić information content (AvgIpc) is 2.82. The highest BCUT2D eigenvalue weighted by Gasteiger charge is 2.24. The van der Waals surface area contributed by atoms with Crippen LogP contribution >= 0.6 is 0 Å². The van der Waals surface area contributed by atoms with Crippen LogP contribution in [0.15, 0.2) is 66.7 Å². The Morgan fingerprint density at radius 3 is 2.58 bits per heavy atom. The topological polar surface area (TPSA) is 41.1 Å². The predicted molar refractivity (Wildman–Crippen MR) is 130 cm³/mol. The van der Waals surface area contributed by atoms with Crippen molar-refractivity contribution in [3.63, 3.8) is 0 Å². The molecule has 0 aromatic heterocycles. The lowest BCUT2D eigenvalue weighted by Crippen LogP contribution is -2.29. The molecule has 1 amide bonds. The van der Waals surface area contributed by atoms with E-state index in [-0.39, 0.29) is 5.91 Å². The summed E-state index contributed by atoms with van der Waals surface area (Å²) >= 11 is 0. The zero-order valence-corrected chi connectivity index (χ0v) is 18.7. The van der Waals surface area contributed by atoms with E-state index in [4.69, 9.17) is 0 Å². The van der Waals surface area contributed by atoms with Crippen LogP contribution in [0.4, 0.5) is 0 Å². The summed E-state index contributed by atoms with van der Waals surface area (Å²) in [6.45, 7) is 5.94. The molecule has 4 rings (SSSR count). The van der Waals surface area contributed by atoms with E-state index >= 15 is 0 Å². The van der Waals surface area contributed by atoms with Gasteiger partial charge in [0, 0.05) is 18.2 Å². The van der Waals surface area contributed by atoms with Crippen LogP contribution in [-0.4, -0.2) is 19.0 Å². The van der Waals surface area contributed by atoms with Gasteiger partial charge in [-0.25, -0.2) is 0 Å². The highest BCUT2D eigenvalue weighted by molar-refractivity contribution is 5.94. The normalized spacial score (nSPS) is 19.8. The first kappa shape index (κ1) is 21.6. The minimum atomic E-state index is 0.0159. The molecule has 3 aromatic carbocycles.